The van der Waals surface area contributed by atoms with E-state index in [9.17, 15) is 0 Å². The summed E-state index contributed by atoms with van der Waals surface area (Å²) in [7, 11) is 0. The third kappa shape index (κ3) is 2.87. The van der Waals surface area contributed by atoms with Crippen LogP contribution in [0.3, 0.4) is 0 Å². The van der Waals surface area contributed by atoms with Crippen LogP contribution in [-0.4, -0.2) is 0 Å². The summed E-state index contributed by atoms with van der Waals surface area (Å²) in [6, 6.07) is 42.0. The Morgan fingerprint density at radius 3 is 2.08 bits per heavy atom. The first kappa shape index (κ1) is 21.5. The predicted molar refractivity (Wildman–Crippen MR) is 157 cm³/mol. The molecule has 38 heavy (non-hydrogen) atoms. The first-order valence-electron chi connectivity index (χ1n) is 13.4. The highest BCUT2D eigenvalue weighted by atomic mass is 16.3. The summed E-state index contributed by atoms with van der Waals surface area (Å²) in [5.74, 6) is 0.314. The van der Waals surface area contributed by atoms with E-state index in [0.717, 1.165) is 33.9 Å². The molecule has 0 saturated carbocycles. The number of benzene rings is 5. The van der Waals surface area contributed by atoms with Crippen LogP contribution >= 0.6 is 0 Å². The number of allylic oxidation sites excluding steroid dienone is 4. The summed E-state index contributed by atoms with van der Waals surface area (Å²) in [6.07, 6.45) is 10.1. The molecule has 1 atom stereocenters. The molecule has 8 rings (SSSR count). The van der Waals surface area contributed by atoms with Crippen molar-refractivity contribution in [3.05, 3.63) is 156 Å². The SMILES string of the molecule is C1=CCC(C2(c3cccc(-c4cccc5c4oc4ccccc45)c3)c3ccccc3-c3ccccc32)C=C1. The molecule has 2 aliphatic carbocycles. The van der Waals surface area contributed by atoms with Crippen molar-refractivity contribution in [3.8, 4) is 22.3 Å². The Hall–Kier alpha value is -4.62. The number of furan rings is 1. The van der Waals surface area contributed by atoms with E-state index in [1.165, 1.54) is 33.4 Å². The second-order valence-electron chi connectivity index (χ2n) is 10.4. The lowest BCUT2D eigenvalue weighted by atomic mass is 9.62. The number of hydrogen-bond donors (Lipinski definition) is 0. The molecule has 0 amide bonds. The van der Waals surface area contributed by atoms with Gasteiger partial charge in [-0.2, -0.15) is 0 Å². The summed E-state index contributed by atoms with van der Waals surface area (Å²) in [5, 5.41) is 2.32. The minimum Gasteiger partial charge on any atom is -0.455 e. The highest BCUT2D eigenvalue weighted by Gasteiger charge is 2.48. The summed E-state index contributed by atoms with van der Waals surface area (Å²) in [4.78, 5) is 0. The fraction of sp³-hybridized carbons (Fsp3) is 0.0811. The molecular formula is C37H26O. The first-order chi connectivity index (χ1) is 18.9. The van der Waals surface area contributed by atoms with E-state index < -0.39 is 0 Å². The van der Waals surface area contributed by atoms with Gasteiger partial charge < -0.3 is 4.42 Å². The Kier molecular flexibility index (Phi) is 4.63. The third-order valence-corrected chi connectivity index (χ3v) is 8.56. The van der Waals surface area contributed by atoms with E-state index in [1.807, 2.05) is 6.07 Å². The van der Waals surface area contributed by atoms with Crippen LogP contribution in [0.4, 0.5) is 0 Å². The molecule has 0 N–H and O–H groups in total. The minimum atomic E-state index is -0.272. The van der Waals surface area contributed by atoms with E-state index in [-0.39, 0.29) is 5.41 Å². The molecule has 5 aromatic carbocycles. The zero-order valence-corrected chi connectivity index (χ0v) is 21.0. The van der Waals surface area contributed by atoms with E-state index in [0.29, 0.717) is 5.92 Å². The number of hydrogen-bond acceptors (Lipinski definition) is 1. The Labute approximate surface area is 222 Å². The molecule has 180 valence electrons. The predicted octanol–water partition coefficient (Wildman–Crippen LogP) is 9.70. The summed E-state index contributed by atoms with van der Waals surface area (Å²) in [6.45, 7) is 0. The van der Waals surface area contributed by atoms with E-state index in [4.69, 9.17) is 4.42 Å². The molecule has 0 fully saturated rings. The molecule has 1 aromatic heterocycles. The second kappa shape index (κ2) is 8.19. The van der Waals surface area contributed by atoms with Crippen molar-refractivity contribution in [1.82, 2.24) is 0 Å². The number of fused-ring (bicyclic) bond motifs is 6. The van der Waals surface area contributed by atoms with Crippen LogP contribution in [-0.2, 0) is 5.41 Å². The largest absolute Gasteiger partial charge is 0.455 e. The maximum atomic E-state index is 6.44. The van der Waals surface area contributed by atoms with Crippen molar-refractivity contribution in [2.75, 3.05) is 0 Å². The number of rotatable bonds is 3. The molecule has 1 heterocycles. The van der Waals surface area contributed by atoms with E-state index >= 15 is 0 Å². The Morgan fingerprint density at radius 1 is 0.605 bits per heavy atom. The fourth-order valence-electron chi connectivity index (χ4n) is 7.00. The maximum Gasteiger partial charge on any atom is 0.143 e. The lowest BCUT2D eigenvalue weighted by Crippen LogP contribution is -2.35. The van der Waals surface area contributed by atoms with Crippen molar-refractivity contribution in [1.29, 1.82) is 0 Å². The van der Waals surface area contributed by atoms with Crippen LogP contribution in [0, 0.1) is 5.92 Å². The lowest BCUT2D eigenvalue weighted by molar-refractivity contribution is 0.457. The highest BCUT2D eigenvalue weighted by molar-refractivity contribution is 6.09. The van der Waals surface area contributed by atoms with Crippen LogP contribution in [0.2, 0.25) is 0 Å². The van der Waals surface area contributed by atoms with Gasteiger partial charge in [0.15, 0.2) is 0 Å². The Balaban J connectivity index is 1.41. The van der Waals surface area contributed by atoms with Crippen molar-refractivity contribution in [2.24, 2.45) is 5.92 Å². The average molecular weight is 487 g/mol. The standard InChI is InChI=1S/C37H26O/c1-2-13-26(14-3-1)37(33-21-7-4-16-29(33)30-17-5-8-22-34(30)37)27-15-10-12-25(24-27)28-19-11-20-32-31-18-6-9-23-35(31)38-36(28)32/h1-13,15-24,26H,14H2. The fourth-order valence-corrected chi connectivity index (χ4v) is 7.00. The summed E-state index contributed by atoms with van der Waals surface area (Å²) < 4.78 is 6.44. The van der Waals surface area contributed by atoms with E-state index in [1.54, 1.807) is 0 Å². The van der Waals surface area contributed by atoms with Crippen LogP contribution in [0.1, 0.15) is 23.1 Å². The van der Waals surface area contributed by atoms with Gasteiger partial charge in [-0.15, -0.1) is 0 Å². The zero-order valence-electron chi connectivity index (χ0n) is 21.0. The van der Waals surface area contributed by atoms with Crippen LogP contribution < -0.4 is 0 Å². The van der Waals surface area contributed by atoms with Gasteiger partial charge >= 0.3 is 0 Å². The van der Waals surface area contributed by atoms with Gasteiger partial charge in [-0.25, -0.2) is 0 Å². The van der Waals surface area contributed by atoms with Gasteiger partial charge in [-0.1, -0.05) is 127 Å². The average Bonchev–Trinajstić information content (AvgIpc) is 3.52. The van der Waals surface area contributed by atoms with Gasteiger partial charge in [-0.05, 0) is 57.9 Å². The van der Waals surface area contributed by atoms with Gasteiger partial charge in [0.2, 0.25) is 0 Å². The summed E-state index contributed by atoms with van der Waals surface area (Å²) in [5.41, 5.74) is 10.7. The molecule has 2 aliphatic rings. The minimum absolute atomic E-state index is 0.272. The lowest BCUT2D eigenvalue weighted by Gasteiger charge is -2.40. The van der Waals surface area contributed by atoms with Crippen molar-refractivity contribution < 1.29 is 4.42 Å². The molecule has 0 spiro atoms. The maximum absolute atomic E-state index is 6.44. The molecular weight excluding hydrogens is 460 g/mol. The van der Waals surface area contributed by atoms with Crippen molar-refractivity contribution in [2.45, 2.75) is 11.8 Å². The topological polar surface area (TPSA) is 13.1 Å². The highest BCUT2D eigenvalue weighted by Crippen LogP contribution is 2.58. The quantitative estimate of drug-likeness (QED) is 0.243. The van der Waals surface area contributed by atoms with Gasteiger partial charge in [-0.3, -0.25) is 0 Å². The molecule has 1 nitrogen and oxygen atoms in total. The second-order valence-corrected chi connectivity index (χ2v) is 10.4. The zero-order chi connectivity index (χ0) is 25.1. The van der Waals surface area contributed by atoms with Gasteiger partial charge in [0, 0.05) is 16.3 Å². The molecule has 0 bridgehead atoms. The van der Waals surface area contributed by atoms with Gasteiger partial charge in [0.05, 0.1) is 5.41 Å². The van der Waals surface area contributed by atoms with Crippen molar-refractivity contribution >= 4 is 21.9 Å². The third-order valence-electron chi connectivity index (χ3n) is 8.56. The van der Waals surface area contributed by atoms with E-state index in [2.05, 4.69) is 133 Å². The smallest absolute Gasteiger partial charge is 0.143 e. The van der Waals surface area contributed by atoms with Gasteiger partial charge in [0.25, 0.3) is 0 Å². The van der Waals surface area contributed by atoms with Crippen molar-refractivity contribution in [3.63, 3.8) is 0 Å². The molecule has 0 saturated heterocycles. The monoisotopic (exact) mass is 486 g/mol. The first-order valence-corrected chi connectivity index (χ1v) is 13.4. The Morgan fingerprint density at radius 2 is 1.29 bits per heavy atom. The summed E-state index contributed by atoms with van der Waals surface area (Å²) >= 11 is 0. The number of para-hydroxylation sites is 2. The molecule has 1 heteroatoms. The molecule has 6 aromatic rings. The molecule has 1 unspecified atom stereocenters. The van der Waals surface area contributed by atoms with Crippen LogP contribution in [0.25, 0.3) is 44.2 Å². The van der Waals surface area contributed by atoms with Gasteiger partial charge in [0.1, 0.15) is 11.2 Å². The molecule has 0 aliphatic heterocycles. The normalized spacial score (nSPS) is 17.1. The van der Waals surface area contributed by atoms with Crippen LogP contribution in [0.5, 0.6) is 0 Å². The Bertz CT molecular complexity index is 1870. The molecule has 0 radical (unpaired) electrons. The van der Waals surface area contributed by atoms with Crippen LogP contribution in [0.15, 0.2) is 144 Å².